The first-order chi connectivity index (χ1) is 11.7. The summed E-state index contributed by atoms with van der Waals surface area (Å²) in [5.74, 6) is -0.0679. The highest BCUT2D eigenvalue weighted by molar-refractivity contribution is 9.10. The lowest BCUT2D eigenvalue weighted by atomic mass is 10.0. The number of halogens is 1. The Morgan fingerprint density at radius 1 is 1.25 bits per heavy atom. The van der Waals surface area contributed by atoms with E-state index in [1.165, 1.54) is 11.1 Å². The molecule has 0 saturated heterocycles. The first-order valence-electron chi connectivity index (χ1n) is 7.60. The number of hydrogen-bond donors (Lipinski definition) is 0. The smallest absolute Gasteiger partial charge is 0.274 e. The van der Waals surface area contributed by atoms with E-state index in [1.54, 1.807) is 35.4 Å². The van der Waals surface area contributed by atoms with E-state index in [1.807, 2.05) is 17.0 Å². The van der Waals surface area contributed by atoms with Crippen LogP contribution in [-0.4, -0.2) is 43.5 Å². The Kier molecular flexibility index (Phi) is 3.86. The van der Waals surface area contributed by atoms with E-state index in [0.29, 0.717) is 24.4 Å². The molecule has 120 valence electrons. The van der Waals surface area contributed by atoms with E-state index in [9.17, 15) is 4.79 Å². The van der Waals surface area contributed by atoms with E-state index in [-0.39, 0.29) is 5.91 Å². The molecule has 0 unspecified atom stereocenters. The minimum absolute atomic E-state index is 0.0679. The Morgan fingerprint density at radius 3 is 2.83 bits per heavy atom. The van der Waals surface area contributed by atoms with E-state index in [4.69, 9.17) is 0 Å². The normalized spacial score (nSPS) is 14.7. The number of fused-ring (bicyclic) bond motifs is 1. The molecule has 24 heavy (non-hydrogen) atoms. The molecule has 6 nitrogen and oxygen atoms in total. The number of aromatic nitrogens is 4. The van der Waals surface area contributed by atoms with Crippen LogP contribution in [0.1, 0.15) is 22.5 Å². The number of amides is 1. The van der Waals surface area contributed by atoms with Gasteiger partial charge in [-0.1, -0.05) is 6.08 Å². The minimum atomic E-state index is -0.0679. The topological polar surface area (TPSA) is 63.4 Å². The van der Waals surface area contributed by atoms with Crippen molar-refractivity contribution in [2.75, 3.05) is 13.1 Å². The summed E-state index contributed by atoms with van der Waals surface area (Å²) in [6, 6.07) is 5.71. The highest BCUT2D eigenvalue weighted by Gasteiger charge is 2.21. The van der Waals surface area contributed by atoms with Gasteiger partial charge in [-0.25, -0.2) is 9.50 Å². The third-order valence-corrected chi connectivity index (χ3v) is 4.46. The number of nitrogens with zero attached hydrogens (tertiary/aromatic N) is 5. The molecule has 1 aliphatic rings. The molecule has 0 aliphatic carbocycles. The largest absolute Gasteiger partial charge is 0.333 e. The van der Waals surface area contributed by atoms with Gasteiger partial charge in [0.25, 0.3) is 5.91 Å². The number of carbonyl (C=O) groups excluding carboxylic acids is 1. The molecule has 3 aromatic heterocycles. The molecular weight excluding hydrogens is 370 g/mol. The second-order valence-corrected chi connectivity index (χ2v) is 6.49. The van der Waals surface area contributed by atoms with Gasteiger partial charge in [-0.2, -0.15) is 5.10 Å². The summed E-state index contributed by atoms with van der Waals surface area (Å²) >= 11 is 3.35. The van der Waals surface area contributed by atoms with Crippen LogP contribution in [0.25, 0.3) is 11.2 Å². The lowest BCUT2D eigenvalue weighted by Gasteiger charge is -2.25. The maximum absolute atomic E-state index is 12.7. The van der Waals surface area contributed by atoms with Crippen molar-refractivity contribution in [2.24, 2.45) is 0 Å². The molecule has 0 N–H and O–H groups in total. The second-order valence-electron chi connectivity index (χ2n) is 5.57. The van der Waals surface area contributed by atoms with Crippen molar-refractivity contribution in [1.82, 2.24) is 24.5 Å². The average Bonchev–Trinajstić information content (AvgIpc) is 3.05. The van der Waals surface area contributed by atoms with Crippen molar-refractivity contribution >= 4 is 33.1 Å². The predicted octanol–water partition coefficient (Wildman–Crippen LogP) is 2.82. The van der Waals surface area contributed by atoms with Crippen LogP contribution in [0.15, 0.2) is 53.5 Å². The van der Waals surface area contributed by atoms with Gasteiger partial charge in [-0.3, -0.25) is 9.78 Å². The fraction of sp³-hybridized carbons (Fsp3) is 0.176. The van der Waals surface area contributed by atoms with Gasteiger partial charge in [0.15, 0.2) is 11.3 Å². The van der Waals surface area contributed by atoms with Crippen LogP contribution in [-0.2, 0) is 0 Å². The third-order valence-electron chi connectivity index (χ3n) is 4.05. The minimum Gasteiger partial charge on any atom is -0.333 e. The quantitative estimate of drug-likeness (QED) is 0.682. The van der Waals surface area contributed by atoms with Gasteiger partial charge in [0.1, 0.15) is 0 Å². The zero-order chi connectivity index (χ0) is 16.5. The summed E-state index contributed by atoms with van der Waals surface area (Å²) in [6.45, 7) is 1.26. The van der Waals surface area contributed by atoms with E-state index in [0.717, 1.165) is 10.9 Å². The molecule has 1 aliphatic heterocycles. The van der Waals surface area contributed by atoms with Crippen LogP contribution in [0.2, 0.25) is 0 Å². The molecule has 4 heterocycles. The zero-order valence-corrected chi connectivity index (χ0v) is 14.3. The Morgan fingerprint density at radius 2 is 2.08 bits per heavy atom. The van der Waals surface area contributed by atoms with Gasteiger partial charge in [0.2, 0.25) is 0 Å². The second kappa shape index (κ2) is 6.16. The van der Waals surface area contributed by atoms with Crippen molar-refractivity contribution < 1.29 is 4.79 Å². The van der Waals surface area contributed by atoms with Crippen LogP contribution in [0.4, 0.5) is 0 Å². The third kappa shape index (κ3) is 2.82. The molecule has 4 rings (SSSR count). The Balaban J connectivity index is 1.54. The van der Waals surface area contributed by atoms with Crippen molar-refractivity contribution in [3.05, 3.63) is 64.8 Å². The monoisotopic (exact) mass is 383 g/mol. The summed E-state index contributed by atoms with van der Waals surface area (Å²) in [7, 11) is 0. The van der Waals surface area contributed by atoms with Crippen molar-refractivity contribution in [2.45, 2.75) is 6.42 Å². The van der Waals surface area contributed by atoms with E-state index >= 15 is 0 Å². The summed E-state index contributed by atoms with van der Waals surface area (Å²) in [5.41, 5.74) is 3.49. The fourth-order valence-corrected chi connectivity index (χ4v) is 3.10. The molecule has 0 spiro atoms. The lowest BCUT2D eigenvalue weighted by molar-refractivity contribution is 0.0766. The first-order valence-corrected chi connectivity index (χ1v) is 8.39. The zero-order valence-electron chi connectivity index (χ0n) is 12.8. The number of pyridine rings is 1. The van der Waals surface area contributed by atoms with Crippen molar-refractivity contribution in [3.8, 4) is 0 Å². The molecule has 0 fully saturated rings. The Bertz CT molecular complexity index is 935. The van der Waals surface area contributed by atoms with Gasteiger partial charge in [0.05, 0.1) is 4.47 Å². The molecule has 7 heteroatoms. The van der Waals surface area contributed by atoms with Crippen molar-refractivity contribution in [3.63, 3.8) is 0 Å². The summed E-state index contributed by atoms with van der Waals surface area (Å²) < 4.78 is 2.43. The molecule has 0 aromatic carbocycles. The highest BCUT2D eigenvalue weighted by atomic mass is 79.9. The predicted molar refractivity (Wildman–Crippen MR) is 93.4 cm³/mol. The fourth-order valence-electron chi connectivity index (χ4n) is 2.80. The van der Waals surface area contributed by atoms with Gasteiger partial charge in [-0.05, 0) is 45.6 Å². The van der Waals surface area contributed by atoms with Gasteiger partial charge >= 0.3 is 0 Å². The summed E-state index contributed by atoms with van der Waals surface area (Å²) in [4.78, 5) is 22.8. The molecule has 1 amide bonds. The SMILES string of the molecule is O=C(c1cc2ncc(Br)cn2n1)N1CC=C(c2ccncc2)CC1. The van der Waals surface area contributed by atoms with Gasteiger partial charge in [0, 0.05) is 43.9 Å². The first kappa shape index (κ1) is 15.0. The summed E-state index contributed by atoms with van der Waals surface area (Å²) in [5, 5.41) is 4.33. The van der Waals surface area contributed by atoms with Crippen molar-refractivity contribution in [1.29, 1.82) is 0 Å². The molecule has 0 saturated carbocycles. The molecule has 3 aromatic rings. The highest BCUT2D eigenvalue weighted by Crippen LogP contribution is 2.22. The standard InChI is InChI=1S/C17H14BrN5O/c18-14-10-20-16-9-15(21-23(16)11-14)17(24)22-7-3-13(4-8-22)12-1-5-19-6-2-12/h1-3,5-6,9-11H,4,7-8H2. The molecular formula is C17H14BrN5O. The number of carbonyl (C=O) groups is 1. The van der Waals surface area contributed by atoms with Gasteiger partial charge < -0.3 is 4.90 Å². The molecule has 0 radical (unpaired) electrons. The maximum Gasteiger partial charge on any atom is 0.274 e. The lowest BCUT2D eigenvalue weighted by Crippen LogP contribution is -2.34. The maximum atomic E-state index is 12.7. The average molecular weight is 384 g/mol. The Labute approximate surface area is 147 Å². The van der Waals surface area contributed by atoms with Crippen LogP contribution in [0.3, 0.4) is 0 Å². The number of rotatable bonds is 2. The Hall–Kier alpha value is -2.54. The van der Waals surface area contributed by atoms with Crippen LogP contribution in [0, 0.1) is 0 Å². The van der Waals surface area contributed by atoms with Gasteiger partial charge in [-0.15, -0.1) is 0 Å². The molecule has 0 atom stereocenters. The van der Waals surface area contributed by atoms with E-state index < -0.39 is 0 Å². The molecule has 0 bridgehead atoms. The number of hydrogen-bond acceptors (Lipinski definition) is 4. The van der Waals surface area contributed by atoms with E-state index in [2.05, 4.69) is 37.1 Å². The van der Waals surface area contributed by atoms with Crippen LogP contribution < -0.4 is 0 Å². The van der Waals surface area contributed by atoms with Crippen LogP contribution in [0.5, 0.6) is 0 Å². The summed E-state index contributed by atoms with van der Waals surface area (Å²) in [6.07, 6.45) is 9.98. The van der Waals surface area contributed by atoms with Crippen LogP contribution >= 0.6 is 15.9 Å².